The molecule has 3 fully saturated rings. The Balaban J connectivity index is 1.20. The van der Waals surface area contributed by atoms with Gasteiger partial charge in [0.15, 0.2) is 0 Å². The summed E-state index contributed by atoms with van der Waals surface area (Å²) >= 11 is 0. The maximum absolute atomic E-state index is 13.7. The largest absolute Gasteiger partial charge is 0.478 e. The Labute approximate surface area is 211 Å². The molecule has 3 aromatic rings. The molecule has 10 heteroatoms. The zero-order valence-corrected chi connectivity index (χ0v) is 19.9. The van der Waals surface area contributed by atoms with E-state index in [2.05, 4.69) is 15.0 Å². The van der Waals surface area contributed by atoms with Crippen LogP contribution in [0.2, 0.25) is 0 Å². The number of carboxylic acid groups (broad SMARTS) is 1. The van der Waals surface area contributed by atoms with Crippen LogP contribution in [0.5, 0.6) is 0 Å². The van der Waals surface area contributed by atoms with E-state index in [-0.39, 0.29) is 47.5 Å². The van der Waals surface area contributed by atoms with Gasteiger partial charge in [0.1, 0.15) is 17.3 Å². The van der Waals surface area contributed by atoms with E-state index in [1.165, 1.54) is 18.3 Å². The third-order valence-electron chi connectivity index (χ3n) is 7.67. The Kier molecular flexibility index (Phi) is 5.94. The van der Waals surface area contributed by atoms with Gasteiger partial charge in [0.2, 0.25) is 0 Å². The number of rotatable bonds is 7. The number of hydrogen-bond donors (Lipinski definition) is 1. The van der Waals surface area contributed by atoms with Gasteiger partial charge in [-0.05, 0) is 56.7 Å². The third-order valence-corrected chi connectivity index (χ3v) is 7.67. The molecule has 2 saturated heterocycles. The van der Waals surface area contributed by atoms with Crippen LogP contribution in [0.25, 0.3) is 11.3 Å². The summed E-state index contributed by atoms with van der Waals surface area (Å²) in [5.41, 5.74) is 0.241. The van der Waals surface area contributed by atoms with Gasteiger partial charge in [0, 0.05) is 35.3 Å². The second-order valence-electron chi connectivity index (χ2n) is 10.1. The van der Waals surface area contributed by atoms with Crippen molar-refractivity contribution >= 4 is 11.8 Å². The first kappa shape index (κ1) is 24.0. The average molecular weight is 514 g/mol. The number of ether oxygens (including phenoxy) is 1. The lowest BCUT2D eigenvalue weighted by Crippen LogP contribution is -2.46. The number of carboxylic acids is 1. The molecule has 37 heavy (non-hydrogen) atoms. The zero-order chi connectivity index (χ0) is 25.7. The van der Waals surface area contributed by atoms with E-state index in [1.54, 1.807) is 18.2 Å². The monoisotopic (exact) mass is 513 g/mol. The van der Waals surface area contributed by atoms with Crippen LogP contribution in [0.1, 0.15) is 71.7 Å². The van der Waals surface area contributed by atoms with Crippen molar-refractivity contribution in [2.24, 2.45) is 0 Å². The van der Waals surface area contributed by atoms with E-state index >= 15 is 0 Å². The van der Waals surface area contributed by atoms with E-state index in [0.29, 0.717) is 11.3 Å². The van der Waals surface area contributed by atoms with Gasteiger partial charge < -0.3 is 19.3 Å². The molecule has 1 saturated carbocycles. The number of alkyl halides is 3. The van der Waals surface area contributed by atoms with Crippen molar-refractivity contribution in [1.29, 1.82) is 0 Å². The van der Waals surface area contributed by atoms with Crippen LogP contribution in [0.3, 0.4) is 0 Å². The van der Waals surface area contributed by atoms with Crippen molar-refractivity contribution in [1.82, 2.24) is 10.1 Å². The van der Waals surface area contributed by atoms with E-state index in [9.17, 15) is 18.0 Å². The molecule has 2 bridgehead atoms. The smallest absolute Gasteiger partial charge is 0.417 e. The highest BCUT2D eigenvalue weighted by atomic mass is 19.4. The van der Waals surface area contributed by atoms with Gasteiger partial charge in [-0.15, -0.1) is 0 Å². The molecule has 4 heterocycles. The number of fused-ring (bicyclic) bond motifs is 2. The number of halogens is 3. The molecule has 3 atom stereocenters. The molecule has 1 aliphatic carbocycles. The lowest BCUT2D eigenvalue weighted by Gasteiger charge is -2.39. The molecule has 1 aromatic carbocycles. The minimum Gasteiger partial charge on any atom is -0.478 e. The molecule has 0 unspecified atom stereocenters. The van der Waals surface area contributed by atoms with Gasteiger partial charge in [-0.2, -0.15) is 13.2 Å². The van der Waals surface area contributed by atoms with E-state index in [1.807, 2.05) is 0 Å². The van der Waals surface area contributed by atoms with Crippen LogP contribution in [-0.2, 0) is 17.5 Å². The van der Waals surface area contributed by atoms with Crippen LogP contribution >= 0.6 is 0 Å². The molecule has 2 aliphatic heterocycles. The van der Waals surface area contributed by atoms with Crippen LogP contribution in [-0.4, -0.2) is 39.4 Å². The van der Waals surface area contributed by atoms with Crippen molar-refractivity contribution in [2.45, 2.75) is 75.4 Å². The molecule has 0 amide bonds. The van der Waals surface area contributed by atoms with E-state index in [4.69, 9.17) is 14.4 Å². The van der Waals surface area contributed by atoms with Crippen molar-refractivity contribution in [3.8, 4) is 11.3 Å². The fourth-order valence-electron chi connectivity index (χ4n) is 5.78. The first-order chi connectivity index (χ1) is 17.8. The van der Waals surface area contributed by atoms with Crippen LogP contribution in [0.4, 0.5) is 19.0 Å². The first-order valence-corrected chi connectivity index (χ1v) is 12.5. The minimum atomic E-state index is -4.50. The predicted molar refractivity (Wildman–Crippen MR) is 127 cm³/mol. The van der Waals surface area contributed by atoms with E-state index < -0.39 is 17.7 Å². The lowest BCUT2D eigenvalue weighted by molar-refractivity contribution is -0.137. The van der Waals surface area contributed by atoms with Crippen molar-refractivity contribution in [3.05, 3.63) is 65.0 Å². The summed E-state index contributed by atoms with van der Waals surface area (Å²) in [4.78, 5) is 17.8. The summed E-state index contributed by atoms with van der Waals surface area (Å²) in [5.74, 6) is 0.564. The van der Waals surface area contributed by atoms with Crippen LogP contribution in [0, 0.1) is 0 Å². The molecule has 1 N–H and O–H groups in total. The highest BCUT2D eigenvalue weighted by Crippen LogP contribution is 2.46. The van der Waals surface area contributed by atoms with Crippen molar-refractivity contribution in [3.63, 3.8) is 0 Å². The fourth-order valence-corrected chi connectivity index (χ4v) is 5.78. The number of nitrogens with zero attached hydrogens (tertiary/aromatic N) is 3. The Morgan fingerprint density at radius 2 is 1.81 bits per heavy atom. The average Bonchev–Trinajstić information content (AvgIpc) is 3.58. The van der Waals surface area contributed by atoms with Crippen LogP contribution in [0.15, 0.2) is 47.1 Å². The van der Waals surface area contributed by atoms with E-state index in [0.717, 1.165) is 50.4 Å². The molecule has 0 radical (unpaired) electrons. The van der Waals surface area contributed by atoms with Gasteiger partial charge in [-0.25, -0.2) is 9.78 Å². The Bertz CT molecular complexity index is 1290. The van der Waals surface area contributed by atoms with Crippen LogP contribution < -0.4 is 4.90 Å². The zero-order valence-electron chi connectivity index (χ0n) is 19.9. The topological polar surface area (TPSA) is 88.7 Å². The lowest BCUT2D eigenvalue weighted by atomic mass is 9.98. The number of carbonyl (C=O) groups is 1. The summed E-state index contributed by atoms with van der Waals surface area (Å²) in [7, 11) is 0. The fraction of sp³-hybridized carbons (Fsp3) is 0.444. The van der Waals surface area contributed by atoms with Gasteiger partial charge >= 0.3 is 12.1 Å². The second-order valence-corrected chi connectivity index (χ2v) is 10.1. The first-order valence-electron chi connectivity index (χ1n) is 12.5. The molecule has 0 spiro atoms. The Hall–Kier alpha value is -3.40. The molecule has 7 nitrogen and oxygen atoms in total. The number of hydrogen-bond acceptors (Lipinski definition) is 6. The van der Waals surface area contributed by atoms with Gasteiger partial charge in [-0.1, -0.05) is 23.4 Å². The molecule has 3 aliphatic rings. The quantitative estimate of drug-likeness (QED) is 0.412. The highest BCUT2D eigenvalue weighted by Gasteiger charge is 2.43. The summed E-state index contributed by atoms with van der Waals surface area (Å²) in [6.07, 6.45) is 2.17. The molecule has 2 aromatic heterocycles. The van der Waals surface area contributed by atoms with Crippen molar-refractivity contribution < 1.29 is 32.3 Å². The van der Waals surface area contributed by atoms with Gasteiger partial charge in [0.25, 0.3) is 0 Å². The number of aromatic nitrogens is 2. The number of benzene rings is 1. The van der Waals surface area contributed by atoms with Gasteiger partial charge in [0.05, 0.1) is 23.8 Å². The van der Waals surface area contributed by atoms with Gasteiger partial charge in [-0.3, -0.25) is 0 Å². The third kappa shape index (κ3) is 4.58. The summed E-state index contributed by atoms with van der Waals surface area (Å²) in [6.45, 7) is 0.145. The molecular formula is C27H26F3N3O4. The summed E-state index contributed by atoms with van der Waals surface area (Å²) < 4.78 is 53.1. The Morgan fingerprint density at radius 1 is 1.08 bits per heavy atom. The summed E-state index contributed by atoms with van der Waals surface area (Å²) in [6, 6.07) is 9.18. The number of anilines is 1. The van der Waals surface area contributed by atoms with Crippen molar-refractivity contribution in [2.75, 3.05) is 4.90 Å². The molecular weight excluding hydrogens is 487 g/mol. The highest BCUT2D eigenvalue weighted by molar-refractivity contribution is 5.87. The minimum absolute atomic E-state index is 0.00928. The maximum atomic E-state index is 13.7. The predicted octanol–water partition coefficient (Wildman–Crippen LogP) is 6.05. The molecule has 6 rings (SSSR count). The SMILES string of the molecule is O=C(O)c1ccc(N2[C@@H]3CC[C@H]2C[C@H](OCc2c(-c4ccccc4C(F)(F)F)noc2C2CC2)C3)nc1. The number of aromatic carboxylic acids is 1. The number of pyridine rings is 1. The Morgan fingerprint density at radius 3 is 2.43 bits per heavy atom. The molecule has 194 valence electrons. The summed E-state index contributed by atoms with van der Waals surface area (Å²) in [5, 5.41) is 13.2. The standard InChI is InChI=1S/C27H26F3N3O4/c28-27(29,30)22-4-2-1-3-20(22)24-21(25(37-32-24)15-5-6-15)14-36-19-11-17-8-9-18(12-19)33(17)23-10-7-16(13-31-23)26(34)35/h1-4,7,10,13,15,17-19H,5-6,8-9,11-12,14H2,(H,34,35)/t17-,18+,19-. The normalized spacial score (nSPS) is 23.4. The number of piperidine rings is 1. The maximum Gasteiger partial charge on any atom is 0.417 e. The second kappa shape index (κ2) is 9.16.